The lowest BCUT2D eigenvalue weighted by atomic mass is 9.84. The molecule has 1 unspecified atom stereocenters. The minimum Gasteiger partial charge on any atom is -0.532 e. The van der Waals surface area contributed by atoms with Crippen molar-refractivity contribution in [2.75, 3.05) is 14.2 Å². The summed E-state index contributed by atoms with van der Waals surface area (Å²) in [5.41, 5.74) is 2.29. The van der Waals surface area contributed by atoms with E-state index in [9.17, 15) is 5.11 Å². The quantitative estimate of drug-likeness (QED) is 0.141. The van der Waals surface area contributed by atoms with E-state index in [1.807, 2.05) is 112 Å². The van der Waals surface area contributed by atoms with E-state index in [2.05, 4.69) is 24.3 Å². The van der Waals surface area contributed by atoms with Crippen LogP contribution in [-0.4, -0.2) is 34.0 Å². The second-order valence-corrected chi connectivity index (χ2v) is 13.2. The Morgan fingerprint density at radius 2 is 1.12 bits per heavy atom. The highest BCUT2D eigenvalue weighted by Gasteiger charge is 2.28. The maximum Gasteiger partial charge on any atom is 0.352 e. The Labute approximate surface area is 256 Å². The van der Waals surface area contributed by atoms with Crippen LogP contribution in [0.25, 0.3) is 0 Å². The fourth-order valence-corrected chi connectivity index (χ4v) is 7.00. The molecule has 0 aliphatic rings. The third kappa shape index (κ3) is 7.22. The SMILES string of the molecule is COc1ccc(C(c2ccc(OC(C)(C)C)cc2)c2ccc(OC)cc2O[Si](c2ccccc2)c2ccccc2)c(O)c1. The molecule has 0 aromatic heterocycles. The average Bonchev–Trinajstić information content (AvgIpc) is 3.02. The third-order valence-corrected chi connectivity index (χ3v) is 9.14. The van der Waals surface area contributed by atoms with Crippen LogP contribution in [0.5, 0.6) is 28.7 Å². The predicted octanol–water partition coefficient (Wildman–Crippen LogP) is 6.95. The number of hydrogen-bond donors (Lipinski definition) is 1. The van der Waals surface area contributed by atoms with Crippen LogP contribution in [0.3, 0.4) is 0 Å². The summed E-state index contributed by atoms with van der Waals surface area (Å²) in [5, 5.41) is 13.5. The summed E-state index contributed by atoms with van der Waals surface area (Å²) in [6.45, 7) is 6.08. The van der Waals surface area contributed by atoms with Gasteiger partial charge in [0.1, 0.15) is 34.3 Å². The lowest BCUT2D eigenvalue weighted by molar-refractivity contribution is 0.131. The topological polar surface area (TPSA) is 57.2 Å². The first kappa shape index (κ1) is 29.8. The standard InChI is InChI=1S/C37H37O5Si/c1-37(2,3)41-27-18-16-26(17-19-27)36(32-22-20-28(39-4)24-34(32)38)33-23-21-29(40-5)25-35(33)42-43(30-12-8-6-9-13-30)31-14-10-7-11-15-31/h6-25,36,38H,1-5H3. The number of phenols is 1. The molecule has 0 aliphatic heterocycles. The Bertz CT molecular complexity index is 1590. The number of rotatable bonds is 10. The van der Waals surface area contributed by atoms with Crippen molar-refractivity contribution >= 4 is 19.4 Å². The van der Waals surface area contributed by atoms with Crippen LogP contribution in [0.2, 0.25) is 0 Å². The van der Waals surface area contributed by atoms with Gasteiger partial charge in [0.25, 0.3) is 0 Å². The molecule has 6 heteroatoms. The smallest absolute Gasteiger partial charge is 0.352 e. The van der Waals surface area contributed by atoms with Crippen molar-refractivity contribution in [3.63, 3.8) is 0 Å². The van der Waals surface area contributed by atoms with Gasteiger partial charge in [-0.1, -0.05) is 84.9 Å². The summed E-state index contributed by atoms with van der Waals surface area (Å²) in [6, 6.07) is 40.0. The highest BCUT2D eigenvalue weighted by molar-refractivity contribution is 6.80. The van der Waals surface area contributed by atoms with Gasteiger partial charge in [0, 0.05) is 29.2 Å². The summed E-state index contributed by atoms with van der Waals surface area (Å²) in [4.78, 5) is 0. The van der Waals surface area contributed by atoms with Gasteiger partial charge in [-0.2, -0.15) is 0 Å². The number of hydrogen-bond acceptors (Lipinski definition) is 5. The van der Waals surface area contributed by atoms with Gasteiger partial charge in [0.05, 0.1) is 14.2 Å². The van der Waals surface area contributed by atoms with E-state index in [0.717, 1.165) is 32.8 Å². The first-order chi connectivity index (χ1) is 20.8. The maximum absolute atomic E-state index is 11.3. The predicted molar refractivity (Wildman–Crippen MR) is 174 cm³/mol. The van der Waals surface area contributed by atoms with Crippen molar-refractivity contribution < 1.29 is 23.7 Å². The van der Waals surface area contributed by atoms with Crippen LogP contribution in [0, 0.1) is 0 Å². The Morgan fingerprint density at radius 3 is 1.63 bits per heavy atom. The van der Waals surface area contributed by atoms with Gasteiger partial charge in [-0.25, -0.2) is 0 Å². The summed E-state index contributed by atoms with van der Waals surface area (Å²) in [6.07, 6.45) is 0. The van der Waals surface area contributed by atoms with Crippen LogP contribution < -0.4 is 29.0 Å². The Balaban J connectivity index is 1.67. The van der Waals surface area contributed by atoms with Crippen molar-refractivity contribution in [1.29, 1.82) is 0 Å². The van der Waals surface area contributed by atoms with Crippen molar-refractivity contribution in [2.24, 2.45) is 0 Å². The Morgan fingerprint density at radius 1 is 0.605 bits per heavy atom. The Kier molecular flexibility index (Phi) is 9.07. The molecule has 43 heavy (non-hydrogen) atoms. The first-order valence-corrected chi connectivity index (χ1v) is 15.7. The fraction of sp³-hybridized carbons (Fsp3) is 0.189. The van der Waals surface area contributed by atoms with Crippen LogP contribution in [0.15, 0.2) is 121 Å². The monoisotopic (exact) mass is 589 g/mol. The van der Waals surface area contributed by atoms with Crippen molar-refractivity contribution in [1.82, 2.24) is 0 Å². The maximum atomic E-state index is 11.3. The molecule has 5 aromatic rings. The molecular formula is C37H37O5Si. The van der Waals surface area contributed by atoms with Gasteiger partial charge >= 0.3 is 9.04 Å². The van der Waals surface area contributed by atoms with E-state index < -0.39 is 9.04 Å². The average molecular weight is 590 g/mol. The minimum absolute atomic E-state index is 0.137. The van der Waals surface area contributed by atoms with E-state index in [-0.39, 0.29) is 17.3 Å². The zero-order valence-corrected chi connectivity index (χ0v) is 26.2. The molecule has 0 saturated carbocycles. The van der Waals surface area contributed by atoms with Crippen LogP contribution in [0.4, 0.5) is 0 Å². The largest absolute Gasteiger partial charge is 0.532 e. The molecule has 1 radical (unpaired) electrons. The summed E-state index contributed by atoms with van der Waals surface area (Å²) in [5.74, 6) is 2.52. The number of phenolic OH excluding ortho intramolecular Hbond substituents is 1. The molecule has 0 amide bonds. The van der Waals surface area contributed by atoms with Gasteiger partial charge in [0.15, 0.2) is 0 Å². The fourth-order valence-electron chi connectivity index (χ4n) is 5.05. The molecule has 5 nitrogen and oxygen atoms in total. The molecule has 0 bridgehead atoms. The van der Waals surface area contributed by atoms with Crippen molar-refractivity contribution in [2.45, 2.75) is 32.3 Å². The van der Waals surface area contributed by atoms with Gasteiger partial charge in [-0.15, -0.1) is 0 Å². The molecule has 0 fully saturated rings. The van der Waals surface area contributed by atoms with Gasteiger partial charge in [-0.05, 0) is 61.0 Å². The number of ether oxygens (including phenoxy) is 3. The van der Waals surface area contributed by atoms with Gasteiger partial charge in [0.2, 0.25) is 0 Å². The Hall–Kier alpha value is -4.68. The molecule has 0 aliphatic carbocycles. The third-order valence-electron chi connectivity index (χ3n) is 7.00. The second kappa shape index (κ2) is 13.1. The van der Waals surface area contributed by atoms with E-state index in [1.54, 1.807) is 20.3 Å². The molecule has 219 valence electrons. The van der Waals surface area contributed by atoms with E-state index >= 15 is 0 Å². The number of aromatic hydroxyl groups is 1. The van der Waals surface area contributed by atoms with E-state index in [0.29, 0.717) is 17.2 Å². The molecule has 1 atom stereocenters. The lowest BCUT2D eigenvalue weighted by Crippen LogP contribution is -2.47. The normalized spacial score (nSPS) is 12.0. The highest BCUT2D eigenvalue weighted by atomic mass is 28.3. The number of benzene rings is 5. The van der Waals surface area contributed by atoms with Crippen molar-refractivity contribution in [3.8, 4) is 28.7 Å². The van der Waals surface area contributed by atoms with E-state index in [4.69, 9.17) is 18.6 Å². The summed E-state index contributed by atoms with van der Waals surface area (Å²) >= 11 is 0. The number of methoxy groups -OCH3 is 2. The second-order valence-electron chi connectivity index (χ2n) is 11.2. The van der Waals surface area contributed by atoms with Crippen LogP contribution in [-0.2, 0) is 0 Å². The molecule has 5 aromatic carbocycles. The molecule has 0 heterocycles. The molecular weight excluding hydrogens is 552 g/mol. The summed E-state index contributed by atoms with van der Waals surface area (Å²) in [7, 11) is 1.54. The highest BCUT2D eigenvalue weighted by Crippen LogP contribution is 2.43. The summed E-state index contributed by atoms with van der Waals surface area (Å²) < 4.78 is 24.2. The van der Waals surface area contributed by atoms with E-state index in [1.165, 1.54) is 0 Å². The van der Waals surface area contributed by atoms with Gasteiger partial charge < -0.3 is 23.7 Å². The molecule has 5 rings (SSSR count). The molecule has 1 N–H and O–H groups in total. The lowest BCUT2D eigenvalue weighted by Gasteiger charge is -2.26. The minimum atomic E-state index is -1.70. The molecule has 0 saturated heterocycles. The zero-order chi connectivity index (χ0) is 30.4. The first-order valence-electron chi connectivity index (χ1n) is 14.2. The zero-order valence-electron chi connectivity index (χ0n) is 25.2. The molecule has 0 spiro atoms. The van der Waals surface area contributed by atoms with Crippen molar-refractivity contribution in [3.05, 3.63) is 138 Å². The van der Waals surface area contributed by atoms with Crippen LogP contribution in [0.1, 0.15) is 43.4 Å². The van der Waals surface area contributed by atoms with Crippen LogP contribution >= 0.6 is 0 Å². The van der Waals surface area contributed by atoms with Gasteiger partial charge in [-0.3, -0.25) is 0 Å².